The van der Waals surface area contributed by atoms with Crippen molar-refractivity contribution in [2.45, 2.75) is 6.92 Å². The number of carboxylic acid groups (broad SMARTS) is 1. The fourth-order valence-electron chi connectivity index (χ4n) is 2.86. The maximum Gasteiger partial charge on any atom is 0.327 e. The Bertz CT molecular complexity index is 915. The normalized spacial score (nSPS) is 14.9. The van der Waals surface area contributed by atoms with E-state index in [9.17, 15) is 14.9 Å². The van der Waals surface area contributed by atoms with E-state index in [2.05, 4.69) is 4.98 Å². The van der Waals surface area contributed by atoms with E-state index in [1.54, 1.807) is 6.08 Å². The van der Waals surface area contributed by atoms with E-state index >= 15 is 0 Å². The molecule has 0 radical (unpaired) electrons. The van der Waals surface area contributed by atoms with Crippen molar-refractivity contribution in [3.63, 3.8) is 0 Å². The van der Waals surface area contributed by atoms with Crippen LogP contribution in [0.5, 0.6) is 0 Å². The Morgan fingerprint density at radius 2 is 2.22 bits per heavy atom. The number of rotatable bonds is 3. The maximum absolute atomic E-state index is 12.1. The van der Waals surface area contributed by atoms with Gasteiger partial charge in [-0.1, -0.05) is 18.2 Å². The van der Waals surface area contributed by atoms with Gasteiger partial charge in [0, 0.05) is 30.5 Å². The van der Waals surface area contributed by atoms with Crippen LogP contribution in [0.4, 0.5) is 5.69 Å². The highest BCUT2D eigenvalue weighted by atomic mass is 16.4. The molecule has 0 aliphatic carbocycles. The van der Waals surface area contributed by atoms with Gasteiger partial charge in [-0.3, -0.25) is 4.79 Å². The largest absolute Gasteiger partial charge is 0.478 e. The fraction of sp³-hybridized carbons (Fsp3) is 0.235. The number of nitrogens with one attached hydrogen (secondary N) is 1. The van der Waals surface area contributed by atoms with Gasteiger partial charge in [0.2, 0.25) is 0 Å². The highest BCUT2D eigenvalue weighted by molar-refractivity contribution is 5.95. The van der Waals surface area contributed by atoms with Gasteiger partial charge in [0.05, 0.1) is 11.2 Å². The summed E-state index contributed by atoms with van der Waals surface area (Å²) < 4.78 is 0. The van der Waals surface area contributed by atoms with Crippen LogP contribution >= 0.6 is 0 Å². The molecule has 3 rings (SSSR count). The van der Waals surface area contributed by atoms with Gasteiger partial charge in [0.1, 0.15) is 11.6 Å². The lowest BCUT2D eigenvalue weighted by molar-refractivity contribution is -0.131. The number of benzene rings is 1. The summed E-state index contributed by atoms with van der Waals surface area (Å²) in [5.41, 5.74) is 2.06. The molecule has 0 spiro atoms. The second-order valence-corrected chi connectivity index (χ2v) is 5.70. The minimum Gasteiger partial charge on any atom is -0.478 e. The van der Waals surface area contributed by atoms with Crippen molar-refractivity contribution < 1.29 is 9.90 Å². The van der Waals surface area contributed by atoms with E-state index in [0.29, 0.717) is 24.3 Å². The van der Waals surface area contributed by atoms with Crippen LogP contribution in [-0.2, 0) is 4.79 Å². The fourth-order valence-corrected chi connectivity index (χ4v) is 2.86. The van der Waals surface area contributed by atoms with Gasteiger partial charge in [0.15, 0.2) is 0 Å². The molecule has 1 aliphatic rings. The number of carbonyl (C=O) groups is 1. The van der Waals surface area contributed by atoms with E-state index in [4.69, 9.17) is 5.11 Å². The quantitative estimate of drug-likeness (QED) is 0.842. The van der Waals surface area contributed by atoms with Crippen LogP contribution in [0, 0.1) is 24.2 Å². The Labute approximate surface area is 132 Å². The molecule has 6 heteroatoms. The first-order valence-electron chi connectivity index (χ1n) is 7.22. The van der Waals surface area contributed by atoms with Gasteiger partial charge in [0.25, 0.3) is 5.56 Å². The summed E-state index contributed by atoms with van der Waals surface area (Å²) in [6, 6.07) is 7.70. The van der Waals surface area contributed by atoms with E-state index in [0.717, 1.165) is 17.0 Å². The third-order valence-corrected chi connectivity index (χ3v) is 3.99. The van der Waals surface area contributed by atoms with Crippen molar-refractivity contribution in [2.75, 3.05) is 18.0 Å². The number of fused-ring (bicyclic) bond motifs is 1. The molecule has 1 saturated heterocycles. The third-order valence-electron chi connectivity index (χ3n) is 3.99. The van der Waals surface area contributed by atoms with Crippen LogP contribution in [-0.4, -0.2) is 29.1 Å². The van der Waals surface area contributed by atoms with Crippen LogP contribution in [0.25, 0.3) is 10.9 Å². The van der Waals surface area contributed by atoms with E-state index < -0.39 is 11.5 Å². The maximum atomic E-state index is 12.1. The molecule has 0 unspecified atom stereocenters. The number of hydrogen-bond donors (Lipinski definition) is 2. The number of aryl methyl sites for hydroxylation is 1. The van der Waals surface area contributed by atoms with Gasteiger partial charge in [-0.2, -0.15) is 5.26 Å². The molecule has 0 amide bonds. The first-order chi connectivity index (χ1) is 11.0. The number of aromatic amines is 1. The zero-order valence-electron chi connectivity index (χ0n) is 12.5. The zero-order chi connectivity index (χ0) is 16.6. The Balaban J connectivity index is 2.02. The molecule has 1 fully saturated rings. The summed E-state index contributed by atoms with van der Waals surface area (Å²) in [5.74, 6) is -0.865. The molecule has 1 aromatic heterocycles. The van der Waals surface area contributed by atoms with Gasteiger partial charge >= 0.3 is 5.97 Å². The van der Waals surface area contributed by atoms with Crippen molar-refractivity contribution in [2.24, 2.45) is 5.92 Å². The molecule has 1 aromatic carbocycles. The minimum absolute atomic E-state index is 0.0991. The molecule has 2 N–H and O–H groups in total. The summed E-state index contributed by atoms with van der Waals surface area (Å²) in [6.45, 7) is 3.11. The monoisotopic (exact) mass is 309 g/mol. The molecular weight excluding hydrogens is 294 g/mol. The number of aromatic nitrogens is 1. The molecule has 0 saturated carbocycles. The molecule has 1 aliphatic heterocycles. The minimum atomic E-state index is -0.974. The number of nitriles is 1. The van der Waals surface area contributed by atoms with Gasteiger partial charge in [-0.15, -0.1) is 0 Å². The predicted octanol–water partition coefficient (Wildman–Crippen LogP) is 1.79. The van der Waals surface area contributed by atoms with E-state index in [1.807, 2.05) is 36.1 Å². The van der Waals surface area contributed by atoms with E-state index in [-0.39, 0.29) is 11.5 Å². The Morgan fingerprint density at radius 1 is 1.48 bits per heavy atom. The van der Waals surface area contributed by atoms with Crippen molar-refractivity contribution >= 4 is 22.6 Å². The summed E-state index contributed by atoms with van der Waals surface area (Å²) in [6.07, 6.45) is 2.77. The number of hydrogen-bond acceptors (Lipinski definition) is 4. The van der Waals surface area contributed by atoms with E-state index in [1.165, 1.54) is 0 Å². The van der Waals surface area contributed by atoms with Crippen LogP contribution in [0.1, 0.15) is 11.1 Å². The number of pyridine rings is 1. The lowest BCUT2D eigenvalue weighted by Crippen LogP contribution is -2.47. The number of anilines is 1. The highest BCUT2D eigenvalue weighted by Gasteiger charge is 2.29. The highest BCUT2D eigenvalue weighted by Crippen LogP contribution is 2.33. The third kappa shape index (κ3) is 2.69. The van der Waals surface area contributed by atoms with Gasteiger partial charge in [-0.05, 0) is 18.6 Å². The van der Waals surface area contributed by atoms with Crippen molar-refractivity contribution in [3.8, 4) is 6.07 Å². The summed E-state index contributed by atoms with van der Waals surface area (Å²) in [4.78, 5) is 27.4. The molecular formula is C17H15N3O3. The zero-order valence-corrected chi connectivity index (χ0v) is 12.5. The average molecular weight is 309 g/mol. The number of aliphatic carboxylic acids is 1. The molecule has 2 aromatic rings. The van der Waals surface area contributed by atoms with Crippen LogP contribution in [0.2, 0.25) is 0 Å². The molecule has 23 heavy (non-hydrogen) atoms. The van der Waals surface area contributed by atoms with Crippen molar-refractivity contribution in [1.29, 1.82) is 5.26 Å². The summed E-state index contributed by atoms with van der Waals surface area (Å²) in [7, 11) is 0. The van der Waals surface area contributed by atoms with Crippen LogP contribution in [0.15, 0.2) is 35.1 Å². The van der Waals surface area contributed by atoms with Crippen LogP contribution < -0.4 is 10.5 Å². The molecule has 6 nitrogen and oxygen atoms in total. The smallest absolute Gasteiger partial charge is 0.327 e. The topological polar surface area (TPSA) is 97.2 Å². The molecule has 0 bridgehead atoms. The predicted molar refractivity (Wildman–Crippen MR) is 86.5 cm³/mol. The second kappa shape index (κ2) is 5.61. The molecule has 2 heterocycles. The number of carboxylic acids is 1. The Hall–Kier alpha value is -3.07. The van der Waals surface area contributed by atoms with Crippen molar-refractivity contribution in [1.82, 2.24) is 4.98 Å². The first-order valence-corrected chi connectivity index (χ1v) is 7.22. The van der Waals surface area contributed by atoms with Gasteiger partial charge in [-0.25, -0.2) is 4.79 Å². The first kappa shape index (κ1) is 14.9. The number of nitrogens with zero attached hydrogens (tertiary/aromatic N) is 2. The lowest BCUT2D eigenvalue weighted by atomic mass is 9.96. The second-order valence-electron chi connectivity index (χ2n) is 5.70. The van der Waals surface area contributed by atoms with Crippen molar-refractivity contribution in [3.05, 3.63) is 51.8 Å². The SMILES string of the molecule is Cc1ccc2c(N3CC(C=CC(=O)O)C3)c(C#N)c(=O)[nH]c2c1. The number of H-pyrrole nitrogens is 1. The van der Waals surface area contributed by atoms with Crippen LogP contribution in [0.3, 0.4) is 0 Å². The molecule has 116 valence electrons. The Kier molecular flexibility index (Phi) is 3.62. The van der Waals surface area contributed by atoms with Gasteiger partial charge < -0.3 is 15.0 Å². The summed E-state index contributed by atoms with van der Waals surface area (Å²) >= 11 is 0. The molecule has 0 atom stereocenters. The average Bonchev–Trinajstić information content (AvgIpc) is 2.44. The standard InChI is InChI=1S/C17H15N3O3/c1-10-2-4-12-14(6-10)19-17(23)13(7-18)16(12)20-8-11(9-20)3-5-15(21)22/h2-6,11H,8-9H2,1H3,(H,19,23)(H,21,22). The lowest BCUT2D eigenvalue weighted by Gasteiger charge is -2.40. The summed E-state index contributed by atoms with van der Waals surface area (Å²) in [5, 5.41) is 18.8. The Morgan fingerprint density at radius 3 is 2.87 bits per heavy atom.